The number of fused-ring (bicyclic) bond motifs is 1. The quantitative estimate of drug-likeness (QED) is 0.634. The van der Waals surface area contributed by atoms with Crippen molar-refractivity contribution < 1.29 is 17.7 Å². The zero-order valence-electron chi connectivity index (χ0n) is 20.0. The van der Waals surface area contributed by atoms with Crippen molar-refractivity contribution in [1.29, 1.82) is 0 Å². The van der Waals surface area contributed by atoms with Gasteiger partial charge in [-0.05, 0) is 29.1 Å². The van der Waals surface area contributed by atoms with Crippen LogP contribution in [0.4, 0.5) is 0 Å². The topological polar surface area (TPSA) is 67.6 Å². The van der Waals surface area contributed by atoms with Crippen molar-refractivity contribution in [3.05, 3.63) is 12.4 Å². The molecule has 4 atom stereocenters. The first-order valence-electron chi connectivity index (χ1n) is 11.2. The van der Waals surface area contributed by atoms with E-state index in [0.717, 1.165) is 0 Å². The van der Waals surface area contributed by atoms with Crippen LogP contribution in [0.3, 0.4) is 0 Å². The zero-order valence-corrected chi connectivity index (χ0v) is 22.0. The molecular weight excluding hydrogens is 413 g/mol. The first-order valence-corrected chi connectivity index (χ1v) is 15.2. The van der Waals surface area contributed by atoms with Gasteiger partial charge in [0.1, 0.15) is 25.6 Å². The van der Waals surface area contributed by atoms with Crippen molar-refractivity contribution in [3.8, 4) is 0 Å². The molecule has 2 saturated heterocycles. The predicted molar refractivity (Wildman–Crippen MR) is 122 cm³/mol. The molecule has 3 rings (SSSR count). The molecule has 168 valence electrons. The molecule has 1 aromatic rings. The Labute approximate surface area is 185 Å². The van der Waals surface area contributed by atoms with Crippen LogP contribution in [-0.4, -0.2) is 64.8 Å². The van der Waals surface area contributed by atoms with E-state index in [-0.39, 0.29) is 23.3 Å². The molecule has 0 bridgehead atoms. The van der Waals surface area contributed by atoms with Gasteiger partial charge in [-0.25, -0.2) is 4.68 Å². The second-order valence-electron chi connectivity index (χ2n) is 10.2. The highest BCUT2D eigenvalue weighted by Gasteiger charge is 2.64. The van der Waals surface area contributed by atoms with E-state index in [1.807, 2.05) is 13.1 Å². The van der Waals surface area contributed by atoms with E-state index < -0.39 is 28.7 Å². The minimum atomic E-state index is -2.76. The lowest BCUT2D eigenvalue weighted by Crippen LogP contribution is -2.67. The minimum absolute atomic E-state index is 0.237. The molecule has 2 fully saturated rings. The van der Waals surface area contributed by atoms with Crippen molar-refractivity contribution in [2.24, 2.45) is 0 Å². The van der Waals surface area contributed by atoms with E-state index in [4.69, 9.17) is 25.6 Å². The SMILES string of the molecule is [B][C@@H]1O[C@@H]2CO[Si](C(C)C)(C(C)C)O[Si](C(C)C)(C(C)C)O[C@H]2[C@@]1(C)n1ccnn1. The summed E-state index contributed by atoms with van der Waals surface area (Å²) in [5.74, 6) is 0. The molecule has 3 heterocycles. The molecule has 1 aromatic heterocycles. The molecule has 0 N–H and O–H groups in total. The molecule has 30 heavy (non-hydrogen) atoms. The average molecular weight is 452 g/mol. The molecule has 2 radical (unpaired) electrons. The van der Waals surface area contributed by atoms with Crippen molar-refractivity contribution in [1.82, 2.24) is 15.0 Å². The monoisotopic (exact) mass is 451 g/mol. The first-order chi connectivity index (χ1) is 13.9. The second kappa shape index (κ2) is 8.44. The fourth-order valence-electron chi connectivity index (χ4n) is 5.11. The summed E-state index contributed by atoms with van der Waals surface area (Å²) in [6, 6.07) is -0.587. The minimum Gasteiger partial charge on any atom is -0.414 e. The van der Waals surface area contributed by atoms with E-state index in [2.05, 4.69) is 65.7 Å². The van der Waals surface area contributed by atoms with E-state index in [1.54, 1.807) is 10.9 Å². The first kappa shape index (κ1) is 24.1. The summed E-state index contributed by atoms with van der Waals surface area (Å²) in [6.45, 7) is 20.2. The number of nitrogens with zero attached hydrogens (tertiary/aromatic N) is 3. The van der Waals surface area contributed by atoms with E-state index in [9.17, 15) is 0 Å². The highest BCUT2D eigenvalue weighted by Crippen LogP contribution is 2.49. The molecule has 2 aliphatic rings. The summed E-state index contributed by atoms with van der Waals surface area (Å²) in [5, 5.41) is 8.26. The van der Waals surface area contributed by atoms with E-state index in [0.29, 0.717) is 17.7 Å². The number of hydrogen-bond acceptors (Lipinski definition) is 6. The van der Waals surface area contributed by atoms with Crippen LogP contribution in [-0.2, 0) is 23.2 Å². The maximum absolute atomic E-state index is 7.26. The van der Waals surface area contributed by atoms with Crippen LogP contribution in [0.1, 0.15) is 62.3 Å². The largest absolute Gasteiger partial charge is 0.414 e. The average Bonchev–Trinajstić information content (AvgIpc) is 3.24. The summed E-state index contributed by atoms with van der Waals surface area (Å²) in [4.78, 5) is 0. The van der Waals surface area contributed by atoms with Crippen LogP contribution < -0.4 is 0 Å². The van der Waals surface area contributed by atoms with Gasteiger partial charge in [0.2, 0.25) is 0 Å². The van der Waals surface area contributed by atoms with Gasteiger partial charge in [0.15, 0.2) is 0 Å². The fraction of sp³-hybridized carbons (Fsp3) is 0.900. The van der Waals surface area contributed by atoms with Gasteiger partial charge in [-0.3, -0.25) is 0 Å². The standard InChI is InChI=1S/C20H38BN3O4Si2/c1-13(2)29(14(3)4)25-12-17-18(27-30(28-29,15(5)6)16(7)8)20(9,19(21)26-17)24-11-10-22-23-24/h10-11,13-19H,12H2,1-9H3/t17-,18-,19-,20-/m1/s1. The molecule has 0 saturated carbocycles. The van der Waals surface area contributed by atoms with E-state index >= 15 is 0 Å². The molecule has 0 aliphatic carbocycles. The van der Waals surface area contributed by atoms with Crippen molar-refractivity contribution in [2.75, 3.05) is 6.61 Å². The molecule has 0 amide bonds. The lowest BCUT2D eigenvalue weighted by molar-refractivity contribution is -0.0312. The summed E-state index contributed by atoms with van der Waals surface area (Å²) >= 11 is 0. The molecule has 7 nitrogen and oxygen atoms in total. The second-order valence-corrected chi connectivity index (χ2v) is 19.0. The van der Waals surface area contributed by atoms with Gasteiger partial charge >= 0.3 is 17.1 Å². The lowest BCUT2D eigenvalue weighted by Gasteiger charge is -2.52. The predicted octanol–water partition coefficient (Wildman–Crippen LogP) is 3.84. The highest BCUT2D eigenvalue weighted by molar-refractivity contribution is 6.84. The lowest BCUT2D eigenvalue weighted by atomic mass is 9.79. The smallest absolute Gasteiger partial charge is 0.335 e. The van der Waals surface area contributed by atoms with Crippen molar-refractivity contribution >= 4 is 25.0 Å². The Kier molecular flexibility index (Phi) is 6.79. The van der Waals surface area contributed by atoms with Crippen LogP contribution >= 0.6 is 0 Å². The Morgan fingerprint density at radius 1 is 1.00 bits per heavy atom. The van der Waals surface area contributed by atoms with Gasteiger partial charge < -0.3 is 17.7 Å². The normalized spacial score (nSPS) is 33.8. The van der Waals surface area contributed by atoms with Crippen LogP contribution in [0.2, 0.25) is 22.2 Å². The Morgan fingerprint density at radius 3 is 2.03 bits per heavy atom. The zero-order chi connectivity index (χ0) is 22.5. The van der Waals surface area contributed by atoms with Crippen molar-refractivity contribution in [3.63, 3.8) is 0 Å². The summed E-state index contributed by atoms with van der Waals surface area (Å²) < 4.78 is 29.2. The Morgan fingerprint density at radius 2 is 1.57 bits per heavy atom. The number of rotatable bonds is 5. The van der Waals surface area contributed by atoms with Crippen LogP contribution in [0.5, 0.6) is 0 Å². The summed E-state index contributed by atoms with van der Waals surface area (Å²) in [6.07, 6.45) is 2.86. The molecule has 10 heteroatoms. The van der Waals surface area contributed by atoms with Gasteiger partial charge in [0.05, 0.1) is 12.8 Å². The van der Waals surface area contributed by atoms with Crippen LogP contribution in [0, 0.1) is 0 Å². The van der Waals surface area contributed by atoms with Gasteiger partial charge in [-0.2, -0.15) is 0 Å². The van der Waals surface area contributed by atoms with Gasteiger partial charge in [0, 0.05) is 12.2 Å². The third-order valence-corrected chi connectivity index (χ3v) is 17.3. The summed E-state index contributed by atoms with van der Waals surface area (Å²) in [7, 11) is 1.18. The summed E-state index contributed by atoms with van der Waals surface area (Å²) in [5.41, 5.74) is 0.354. The Hall–Kier alpha value is -0.521. The number of hydrogen-bond donors (Lipinski definition) is 0. The third kappa shape index (κ3) is 3.57. The Bertz CT molecular complexity index is 703. The highest BCUT2D eigenvalue weighted by atomic mass is 28.5. The molecule has 0 aromatic carbocycles. The van der Waals surface area contributed by atoms with Crippen LogP contribution in [0.15, 0.2) is 12.4 Å². The maximum Gasteiger partial charge on any atom is 0.335 e. The molecule has 2 aliphatic heterocycles. The molecule has 0 spiro atoms. The maximum atomic E-state index is 7.26. The van der Waals surface area contributed by atoms with Crippen LogP contribution in [0.25, 0.3) is 0 Å². The Balaban J connectivity index is 2.14. The van der Waals surface area contributed by atoms with E-state index in [1.165, 1.54) is 0 Å². The van der Waals surface area contributed by atoms with Crippen molar-refractivity contribution in [2.45, 2.75) is 108 Å². The van der Waals surface area contributed by atoms with Gasteiger partial charge in [0.25, 0.3) is 0 Å². The van der Waals surface area contributed by atoms with Gasteiger partial charge in [-0.15, -0.1) is 5.10 Å². The molecule has 0 unspecified atom stereocenters. The number of aromatic nitrogens is 3. The third-order valence-electron chi connectivity index (χ3n) is 7.05. The van der Waals surface area contributed by atoms with Gasteiger partial charge in [-0.1, -0.05) is 60.6 Å². The fourth-order valence-corrected chi connectivity index (χ4v) is 16.4. The number of ether oxygens (including phenoxy) is 1. The molecular formula is C20H38BN3O4Si2.